The Morgan fingerprint density at radius 2 is 2.09 bits per heavy atom. The van der Waals surface area contributed by atoms with E-state index in [2.05, 4.69) is 15.3 Å². The molecule has 6 heteroatoms. The molecule has 0 spiro atoms. The predicted molar refractivity (Wildman–Crippen MR) is 87.6 cm³/mol. The quantitative estimate of drug-likeness (QED) is 0.756. The number of urea groups is 1. The van der Waals surface area contributed by atoms with Gasteiger partial charge in [-0.05, 0) is 36.8 Å². The molecule has 0 aromatic carbocycles. The molecule has 2 aromatic heterocycles. The van der Waals surface area contributed by atoms with Gasteiger partial charge < -0.3 is 20.9 Å². The van der Waals surface area contributed by atoms with Crippen LogP contribution in [0.1, 0.15) is 19.3 Å². The van der Waals surface area contributed by atoms with E-state index in [4.69, 9.17) is 5.73 Å². The number of rotatable bonds is 1. The number of hydrogen-bond donors (Lipinski definition) is 3. The number of pyridine rings is 1. The van der Waals surface area contributed by atoms with Gasteiger partial charge in [0.2, 0.25) is 0 Å². The molecule has 1 saturated heterocycles. The van der Waals surface area contributed by atoms with E-state index in [9.17, 15) is 4.79 Å². The Balaban J connectivity index is 0.000000131. The van der Waals surface area contributed by atoms with Crippen molar-refractivity contribution in [1.82, 2.24) is 14.9 Å². The van der Waals surface area contributed by atoms with E-state index in [-0.39, 0.29) is 6.03 Å². The van der Waals surface area contributed by atoms with Crippen molar-refractivity contribution < 1.29 is 4.79 Å². The van der Waals surface area contributed by atoms with Crippen LogP contribution in [0.15, 0.2) is 24.5 Å². The highest BCUT2D eigenvalue weighted by atomic mass is 16.2. The van der Waals surface area contributed by atoms with Gasteiger partial charge in [0, 0.05) is 43.6 Å². The van der Waals surface area contributed by atoms with Crippen molar-refractivity contribution >= 4 is 22.8 Å². The van der Waals surface area contributed by atoms with Crippen molar-refractivity contribution in [3.8, 4) is 0 Å². The number of nitrogens with zero attached hydrogens (tertiary/aromatic N) is 2. The number of amides is 2. The smallest absolute Gasteiger partial charge is 0.314 e. The number of carbonyl (C=O) groups excluding carboxylic acids is 1. The highest BCUT2D eigenvalue weighted by Crippen LogP contribution is 2.37. The number of aromatic nitrogens is 2. The highest BCUT2D eigenvalue weighted by molar-refractivity contribution is 5.88. The largest absolute Gasteiger partial charge is 0.387 e. The minimum absolute atomic E-state index is 0.237. The molecule has 2 aliphatic rings. The molecule has 2 atom stereocenters. The maximum Gasteiger partial charge on any atom is 0.314 e. The van der Waals surface area contributed by atoms with Crippen LogP contribution in [-0.2, 0) is 0 Å². The number of primary amides is 1. The van der Waals surface area contributed by atoms with Crippen molar-refractivity contribution in [3.05, 3.63) is 24.5 Å². The molecule has 2 fully saturated rings. The van der Waals surface area contributed by atoms with Gasteiger partial charge in [0.15, 0.2) is 0 Å². The Morgan fingerprint density at radius 3 is 2.73 bits per heavy atom. The SMILES string of the molecule is CNc1ccnc2[nH]ccc12.NC(=O)N1CC2CCCC2C1. The molecule has 1 saturated carbocycles. The third kappa shape index (κ3) is 2.86. The molecule has 1 aliphatic carbocycles. The summed E-state index contributed by atoms with van der Waals surface area (Å²) in [5, 5.41) is 4.23. The zero-order valence-electron chi connectivity index (χ0n) is 12.9. The van der Waals surface area contributed by atoms with Crippen LogP contribution in [0.3, 0.4) is 0 Å². The molecule has 4 N–H and O–H groups in total. The molecule has 0 radical (unpaired) electrons. The molecule has 3 heterocycles. The highest BCUT2D eigenvalue weighted by Gasteiger charge is 2.37. The van der Waals surface area contributed by atoms with Crippen molar-refractivity contribution in [2.45, 2.75) is 19.3 Å². The maximum atomic E-state index is 10.8. The number of carbonyl (C=O) groups is 1. The number of nitrogens with one attached hydrogen (secondary N) is 2. The fourth-order valence-electron chi connectivity index (χ4n) is 3.59. The summed E-state index contributed by atoms with van der Waals surface area (Å²) >= 11 is 0. The topological polar surface area (TPSA) is 87.0 Å². The van der Waals surface area contributed by atoms with Crippen molar-refractivity contribution in [3.63, 3.8) is 0 Å². The summed E-state index contributed by atoms with van der Waals surface area (Å²) in [6.45, 7) is 1.83. The molecule has 22 heavy (non-hydrogen) atoms. The van der Waals surface area contributed by atoms with Gasteiger partial charge in [-0.15, -0.1) is 0 Å². The van der Waals surface area contributed by atoms with Gasteiger partial charge in [-0.3, -0.25) is 0 Å². The van der Waals surface area contributed by atoms with E-state index < -0.39 is 0 Å². The summed E-state index contributed by atoms with van der Waals surface area (Å²) in [5.74, 6) is 1.53. The van der Waals surface area contributed by atoms with Gasteiger partial charge >= 0.3 is 6.03 Å². The monoisotopic (exact) mass is 301 g/mol. The second-order valence-electron chi connectivity index (χ2n) is 6.04. The summed E-state index contributed by atoms with van der Waals surface area (Å²) in [5.41, 5.74) is 7.22. The van der Waals surface area contributed by atoms with Crippen molar-refractivity contribution in [2.75, 3.05) is 25.5 Å². The first-order valence-corrected chi connectivity index (χ1v) is 7.83. The third-order valence-corrected chi connectivity index (χ3v) is 4.77. The minimum atomic E-state index is -0.237. The van der Waals surface area contributed by atoms with Crippen molar-refractivity contribution in [2.24, 2.45) is 17.6 Å². The summed E-state index contributed by atoms with van der Waals surface area (Å²) < 4.78 is 0. The van der Waals surface area contributed by atoms with Crippen molar-refractivity contribution in [1.29, 1.82) is 0 Å². The number of H-pyrrole nitrogens is 1. The van der Waals surface area contributed by atoms with E-state index in [1.54, 1.807) is 11.1 Å². The molecule has 2 unspecified atom stereocenters. The zero-order valence-corrected chi connectivity index (χ0v) is 12.9. The normalized spacial score (nSPS) is 23.0. The number of nitrogens with two attached hydrogens (primary N) is 1. The summed E-state index contributed by atoms with van der Waals surface area (Å²) in [6, 6.07) is 3.73. The summed E-state index contributed by atoms with van der Waals surface area (Å²) in [6.07, 6.45) is 7.62. The van der Waals surface area contributed by atoms with E-state index in [1.165, 1.54) is 19.3 Å². The predicted octanol–water partition coefficient (Wildman–Crippen LogP) is 2.40. The molecule has 6 nitrogen and oxygen atoms in total. The van der Waals surface area contributed by atoms with Crippen LogP contribution in [-0.4, -0.2) is 41.0 Å². The Hall–Kier alpha value is -2.24. The number of fused-ring (bicyclic) bond motifs is 2. The van der Waals surface area contributed by atoms with E-state index >= 15 is 0 Å². The van der Waals surface area contributed by atoms with Crippen LogP contribution in [0, 0.1) is 11.8 Å². The zero-order chi connectivity index (χ0) is 15.5. The molecule has 0 bridgehead atoms. The molecule has 4 rings (SSSR count). The van der Waals surface area contributed by atoms with Crippen LogP contribution < -0.4 is 11.1 Å². The molecule has 1 aliphatic heterocycles. The van der Waals surface area contributed by atoms with Crippen LogP contribution in [0.5, 0.6) is 0 Å². The second kappa shape index (κ2) is 6.25. The van der Waals surface area contributed by atoms with Gasteiger partial charge in [0.1, 0.15) is 5.65 Å². The van der Waals surface area contributed by atoms with Gasteiger partial charge in [-0.1, -0.05) is 6.42 Å². The lowest BCUT2D eigenvalue weighted by Gasteiger charge is -2.12. The van der Waals surface area contributed by atoms with Gasteiger partial charge in [0.05, 0.1) is 0 Å². The van der Waals surface area contributed by atoms with E-state index in [1.807, 2.05) is 25.4 Å². The average Bonchev–Trinajstić information content (AvgIpc) is 3.21. The second-order valence-corrected chi connectivity index (χ2v) is 6.04. The van der Waals surface area contributed by atoms with E-state index in [0.29, 0.717) is 0 Å². The van der Waals surface area contributed by atoms with Crippen LogP contribution in [0.25, 0.3) is 11.0 Å². The number of aromatic amines is 1. The molecular weight excluding hydrogens is 278 g/mol. The van der Waals surface area contributed by atoms with E-state index in [0.717, 1.165) is 41.6 Å². The fourth-order valence-corrected chi connectivity index (χ4v) is 3.59. The molecule has 2 amide bonds. The maximum absolute atomic E-state index is 10.8. The molecule has 2 aromatic rings. The van der Waals surface area contributed by atoms with Crippen LogP contribution in [0.4, 0.5) is 10.5 Å². The first-order valence-electron chi connectivity index (χ1n) is 7.83. The summed E-state index contributed by atoms with van der Waals surface area (Å²) in [4.78, 5) is 19.8. The Kier molecular flexibility index (Phi) is 4.18. The van der Waals surface area contributed by atoms with Crippen LogP contribution in [0.2, 0.25) is 0 Å². The first-order chi connectivity index (χ1) is 10.7. The minimum Gasteiger partial charge on any atom is -0.387 e. The van der Waals surface area contributed by atoms with Gasteiger partial charge in [-0.25, -0.2) is 9.78 Å². The molecular formula is C16H23N5O. The van der Waals surface area contributed by atoms with Gasteiger partial charge in [-0.2, -0.15) is 0 Å². The van der Waals surface area contributed by atoms with Gasteiger partial charge in [0.25, 0.3) is 0 Å². The lowest BCUT2D eigenvalue weighted by atomic mass is 10.0. The van der Waals surface area contributed by atoms with Crippen LogP contribution >= 0.6 is 0 Å². The average molecular weight is 301 g/mol. The number of likely N-dealkylation sites (tertiary alicyclic amines) is 1. The lowest BCUT2D eigenvalue weighted by Crippen LogP contribution is -2.34. The number of anilines is 1. The lowest BCUT2D eigenvalue weighted by molar-refractivity contribution is 0.215. The number of hydrogen-bond acceptors (Lipinski definition) is 3. The summed E-state index contributed by atoms with van der Waals surface area (Å²) in [7, 11) is 1.90. The molecule has 118 valence electrons. The standard InChI is InChI=1S/C8H9N3.C8H14N2O/c1-9-7-3-5-11-8-6(7)2-4-10-8;9-8(11)10-4-6-2-1-3-7(6)5-10/h2-5H,1H3,(H2,9,10,11);6-7H,1-5H2,(H2,9,11). The Morgan fingerprint density at radius 1 is 1.36 bits per heavy atom. The first kappa shape index (κ1) is 14.7. The Bertz CT molecular complexity index is 641. The fraction of sp³-hybridized carbons (Fsp3) is 0.500. The Labute approximate surface area is 130 Å². The third-order valence-electron chi connectivity index (χ3n) is 4.77.